The highest BCUT2D eigenvalue weighted by Gasteiger charge is 2.37. The number of benzene rings is 1. The van der Waals surface area contributed by atoms with E-state index in [-0.39, 0.29) is 30.1 Å². The smallest absolute Gasteiger partial charge is 0.255 e. The zero-order chi connectivity index (χ0) is 19.4. The summed E-state index contributed by atoms with van der Waals surface area (Å²) < 4.78 is 5.01. The van der Waals surface area contributed by atoms with E-state index in [1.165, 1.54) is 0 Å². The number of rotatable bonds is 5. The first kappa shape index (κ1) is 19.6. The molecular formula is C19H24ClN3O4. The number of hydrogen-bond donors (Lipinski definition) is 0. The van der Waals surface area contributed by atoms with Crippen molar-refractivity contribution in [1.29, 1.82) is 0 Å². The van der Waals surface area contributed by atoms with Gasteiger partial charge in [0.1, 0.15) is 0 Å². The van der Waals surface area contributed by atoms with E-state index in [1.54, 1.807) is 46.1 Å². The predicted molar refractivity (Wildman–Crippen MR) is 100 cm³/mol. The van der Waals surface area contributed by atoms with Crippen LogP contribution in [0.15, 0.2) is 24.3 Å². The highest BCUT2D eigenvalue weighted by atomic mass is 35.5. The maximum absolute atomic E-state index is 12.8. The molecule has 2 aliphatic heterocycles. The van der Waals surface area contributed by atoms with Crippen molar-refractivity contribution in [1.82, 2.24) is 14.7 Å². The van der Waals surface area contributed by atoms with E-state index in [0.717, 1.165) is 0 Å². The van der Waals surface area contributed by atoms with Crippen LogP contribution >= 0.6 is 11.6 Å². The number of methoxy groups -OCH3 is 1. The SMILES string of the molecule is COCCN1CC(C(=O)N2CCN(C(=O)c3ccccc3Cl)CC2)CC1=O. The maximum Gasteiger partial charge on any atom is 0.255 e. The van der Waals surface area contributed by atoms with Crippen LogP contribution < -0.4 is 0 Å². The maximum atomic E-state index is 12.8. The summed E-state index contributed by atoms with van der Waals surface area (Å²) in [5.74, 6) is -0.430. The van der Waals surface area contributed by atoms with Crippen LogP contribution in [0.5, 0.6) is 0 Å². The first-order valence-electron chi connectivity index (χ1n) is 9.10. The molecule has 3 rings (SSSR count). The van der Waals surface area contributed by atoms with Crippen molar-refractivity contribution < 1.29 is 19.1 Å². The van der Waals surface area contributed by atoms with Gasteiger partial charge < -0.3 is 19.4 Å². The Kier molecular flexibility index (Phi) is 6.34. The summed E-state index contributed by atoms with van der Waals surface area (Å²) >= 11 is 6.11. The Hall–Kier alpha value is -2.12. The van der Waals surface area contributed by atoms with E-state index in [9.17, 15) is 14.4 Å². The normalized spacial score (nSPS) is 20.3. The molecule has 0 aliphatic carbocycles. The Morgan fingerprint density at radius 3 is 2.48 bits per heavy atom. The van der Waals surface area contributed by atoms with Crippen LogP contribution in [0.4, 0.5) is 0 Å². The van der Waals surface area contributed by atoms with Gasteiger partial charge >= 0.3 is 0 Å². The second kappa shape index (κ2) is 8.71. The van der Waals surface area contributed by atoms with E-state index < -0.39 is 0 Å². The lowest BCUT2D eigenvalue weighted by atomic mass is 10.1. The van der Waals surface area contributed by atoms with Crippen LogP contribution in [0, 0.1) is 5.92 Å². The van der Waals surface area contributed by atoms with E-state index in [1.807, 2.05) is 0 Å². The fraction of sp³-hybridized carbons (Fsp3) is 0.526. The number of piperazine rings is 1. The molecule has 2 heterocycles. The van der Waals surface area contributed by atoms with Gasteiger partial charge in [-0.05, 0) is 12.1 Å². The van der Waals surface area contributed by atoms with Gasteiger partial charge in [0.05, 0.1) is 23.1 Å². The molecule has 7 nitrogen and oxygen atoms in total. The van der Waals surface area contributed by atoms with Gasteiger partial charge in [-0.3, -0.25) is 14.4 Å². The third-order valence-corrected chi connectivity index (χ3v) is 5.44. The molecule has 0 spiro atoms. The number of halogens is 1. The molecule has 1 unspecified atom stereocenters. The van der Waals surface area contributed by atoms with Gasteiger partial charge in [0.25, 0.3) is 5.91 Å². The molecule has 146 valence electrons. The monoisotopic (exact) mass is 393 g/mol. The van der Waals surface area contributed by atoms with Gasteiger partial charge in [0, 0.05) is 52.8 Å². The van der Waals surface area contributed by atoms with Gasteiger partial charge in [0.15, 0.2) is 0 Å². The van der Waals surface area contributed by atoms with Crippen molar-refractivity contribution >= 4 is 29.3 Å². The summed E-state index contributed by atoms with van der Waals surface area (Å²) in [5.41, 5.74) is 0.481. The Bertz CT molecular complexity index is 719. The van der Waals surface area contributed by atoms with Gasteiger partial charge in [-0.2, -0.15) is 0 Å². The molecule has 2 aliphatic rings. The minimum absolute atomic E-state index is 0.00191. The van der Waals surface area contributed by atoms with Crippen molar-refractivity contribution in [3.63, 3.8) is 0 Å². The highest BCUT2D eigenvalue weighted by molar-refractivity contribution is 6.33. The van der Waals surface area contributed by atoms with Crippen molar-refractivity contribution in [2.24, 2.45) is 5.92 Å². The van der Waals surface area contributed by atoms with E-state index in [0.29, 0.717) is 56.5 Å². The number of ether oxygens (including phenoxy) is 1. The third-order valence-electron chi connectivity index (χ3n) is 5.11. The molecule has 0 N–H and O–H groups in total. The van der Waals surface area contributed by atoms with Gasteiger partial charge in [0.2, 0.25) is 11.8 Å². The lowest BCUT2D eigenvalue weighted by Crippen LogP contribution is -2.52. The van der Waals surface area contributed by atoms with Crippen molar-refractivity contribution in [2.75, 3.05) is 53.0 Å². The fourth-order valence-electron chi connectivity index (χ4n) is 3.55. The fourth-order valence-corrected chi connectivity index (χ4v) is 3.76. The summed E-state index contributed by atoms with van der Waals surface area (Å²) in [7, 11) is 1.59. The zero-order valence-corrected chi connectivity index (χ0v) is 16.2. The molecule has 1 aromatic carbocycles. The molecule has 1 atom stereocenters. The van der Waals surface area contributed by atoms with Crippen molar-refractivity contribution in [3.05, 3.63) is 34.9 Å². The Labute approximate surface area is 163 Å². The summed E-state index contributed by atoms with van der Waals surface area (Å²) in [6, 6.07) is 6.97. The summed E-state index contributed by atoms with van der Waals surface area (Å²) in [4.78, 5) is 42.6. The van der Waals surface area contributed by atoms with Crippen molar-refractivity contribution in [3.8, 4) is 0 Å². The largest absolute Gasteiger partial charge is 0.383 e. The molecule has 0 radical (unpaired) electrons. The molecule has 8 heteroatoms. The van der Waals surface area contributed by atoms with Gasteiger partial charge in [-0.15, -0.1) is 0 Å². The lowest BCUT2D eigenvalue weighted by Gasteiger charge is -2.36. The number of nitrogens with zero attached hydrogens (tertiary/aromatic N) is 3. The van der Waals surface area contributed by atoms with Crippen LogP contribution in [0.3, 0.4) is 0 Å². The van der Waals surface area contributed by atoms with E-state index in [2.05, 4.69) is 0 Å². The third kappa shape index (κ3) is 4.42. The molecule has 2 fully saturated rings. The van der Waals surface area contributed by atoms with Crippen LogP contribution in [-0.4, -0.2) is 85.4 Å². The molecule has 0 saturated carbocycles. The lowest BCUT2D eigenvalue weighted by molar-refractivity contribution is -0.137. The summed E-state index contributed by atoms with van der Waals surface area (Å²) in [5, 5.41) is 0.432. The topological polar surface area (TPSA) is 70.2 Å². The van der Waals surface area contributed by atoms with E-state index in [4.69, 9.17) is 16.3 Å². The molecular weight excluding hydrogens is 370 g/mol. The molecule has 0 aromatic heterocycles. The van der Waals surface area contributed by atoms with Crippen LogP contribution in [0.1, 0.15) is 16.8 Å². The Morgan fingerprint density at radius 1 is 1.15 bits per heavy atom. The Morgan fingerprint density at radius 2 is 1.81 bits per heavy atom. The highest BCUT2D eigenvalue weighted by Crippen LogP contribution is 2.22. The molecule has 27 heavy (non-hydrogen) atoms. The summed E-state index contributed by atoms with van der Waals surface area (Å²) in [6.07, 6.45) is 0.251. The summed E-state index contributed by atoms with van der Waals surface area (Å²) in [6.45, 7) is 3.29. The number of carbonyl (C=O) groups excluding carboxylic acids is 3. The minimum Gasteiger partial charge on any atom is -0.383 e. The average Bonchev–Trinajstić information content (AvgIpc) is 3.06. The standard InChI is InChI=1S/C19H24ClN3O4/c1-27-11-10-23-13-14(12-17(23)24)18(25)21-6-8-22(9-7-21)19(26)15-4-2-3-5-16(15)20/h2-5,14H,6-13H2,1H3. The second-order valence-electron chi connectivity index (χ2n) is 6.83. The first-order chi connectivity index (χ1) is 13.0. The zero-order valence-electron chi connectivity index (χ0n) is 15.4. The van der Waals surface area contributed by atoms with E-state index >= 15 is 0 Å². The Balaban J connectivity index is 1.53. The van der Waals surface area contributed by atoms with Crippen molar-refractivity contribution in [2.45, 2.75) is 6.42 Å². The predicted octanol–water partition coefficient (Wildman–Crippen LogP) is 1.12. The number of amides is 3. The number of hydrogen-bond acceptors (Lipinski definition) is 4. The van der Waals surface area contributed by atoms with Crippen LogP contribution in [0.25, 0.3) is 0 Å². The molecule has 0 bridgehead atoms. The second-order valence-corrected chi connectivity index (χ2v) is 7.24. The quantitative estimate of drug-likeness (QED) is 0.751. The molecule has 3 amide bonds. The molecule has 1 aromatic rings. The molecule has 2 saturated heterocycles. The first-order valence-corrected chi connectivity index (χ1v) is 9.48. The average molecular weight is 394 g/mol. The van der Waals surface area contributed by atoms with Gasteiger partial charge in [-0.1, -0.05) is 23.7 Å². The minimum atomic E-state index is -0.305. The van der Waals surface area contributed by atoms with Crippen LogP contribution in [-0.2, 0) is 14.3 Å². The van der Waals surface area contributed by atoms with Gasteiger partial charge in [-0.25, -0.2) is 0 Å². The van der Waals surface area contributed by atoms with Crippen LogP contribution in [0.2, 0.25) is 5.02 Å². The number of carbonyl (C=O) groups is 3. The number of likely N-dealkylation sites (tertiary alicyclic amines) is 1.